The van der Waals surface area contributed by atoms with Crippen molar-refractivity contribution in [1.29, 1.82) is 0 Å². The minimum Gasteiger partial charge on any atom is -0.447 e. The maximum Gasteiger partial charge on any atom is 0.273 e. The van der Waals surface area contributed by atoms with Crippen LogP contribution in [0.1, 0.15) is 26.5 Å². The largest absolute Gasteiger partial charge is 0.447 e. The molecule has 0 bridgehead atoms. The Morgan fingerprint density at radius 2 is 1.94 bits per heavy atom. The summed E-state index contributed by atoms with van der Waals surface area (Å²) in [4.78, 5) is 0. The van der Waals surface area contributed by atoms with Crippen LogP contribution in [0.15, 0.2) is 21.6 Å². The molecule has 18 heavy (non-hydrogen) atoms. The summed E-state index contributed by atoms with van der Waals surface area (Å²) in [5.41, 5.74) is 0. The van der Waals surface area contributed by atoms with E-state index in [9.17, 15) is 8.42 Å². The molecule has 2 N–H and O–H groups in total. The Kier molecular flexibility index (Phi) is 5.37. The predicted octanol–water partition coefficient (Wildman–Crippen LogP) is 1.57. The number of furan rings is 1. The lowest BCUT2D eigenvalue weighted by Crippen LogP contribution is -2.23. The monoisotopic (exact) mass is 274 g/mol. The highest BCUT2D eigenvalue weighted by Crippen LogP contribution is 2.13. The maximum atomic E-state index is 11.5. The lowest BCUT2D eigenvalue weighted by molar-refractivity contribution is 0.365. The molecule has 5 nitrogen and oxygen atoms in total. The predicted molar refractivity (Wildman–Crippen MR) is 70.7 cm³/mol. The Bertz CT molecular complexity index is 465. The Morgan fingerprint density at radius 3 is 2.50 bits per heavy atom. The van der Waals surface area contributed by atoms with E-state index in [0.717, 1.165) is 6.54 Å². The number of nitrogens with one attached hydrogen (secondary N) is 2. The highest BCUT2D eigenvalue weighted by atomic mass is 32.2. The molecule has 1 atom stereocenters. The van der Waals surface area contributed by atoms with Crippen LogP contribution in [-0.2, 0) is 16.6 Å². The molecule has 0 aliphatic carbocycles. The van der Waals surface area contributed by atoms with E-state index >= 15 is 0 Å². The highest BCUT2D eigenvalue weighted by molar-refractivity contribution is 7.89. The molecule has 6 heteroatoms. The maximum absolute atomic E-state index is 11.5. The van der Waals surface area contributed by atoms with Crippen LogP contribution in [0, 0.1) is 11.8 Å². The summed E-state index contributed by atoms with van der Waals surface area (Å²) in [7, 11) is -2.12. The first kappa shape index (κ1) is 15.2. The van der Waals surface area contributed by atoms with E-state index in [0.29, 0.717) is 24.1 Å². The van der Waals surface area contributed by atoms with Gasteiger partial charge < -0.3 is 9.73 Å². The van der Waals surface area contributed by atoms with Crippen molar-refractivity contribution in [2.24, 2.45) is 11.8 Å². The van der Waals surface area contributed by atoms with Crippen LogP contribution in [-0.4, -0.2) is 22.0 Å². The summed E-state index contributed by atoms with van der Waals surface area (Å²) in [6.45, 7) is 7.95. The fourth-order valence-electron chi connectivity index (χ4n) is 1.36. The SMILES string of the molecule is CNS(=O)(=O)c1ccc(CNCC(C)C(C)C)o1. The van der Waals surface area contributed by atoms with Gasteiger partial charge in [0.2, 0.25) is 5.09 Å². The zero-order valence-electron chi connectivity index (χ0n) is 11.4. The first-order valence-electron chi connectivity index (χ1n) is 6.09. The summed E-state index contributed by atoms with van der Waals surface area (Å²) in [6, 6.07) is 3.14. The van der Waals surface area contributed by atoms with Crippen molar-refractivity contribution in [2.75, 3.05) is 13.6 Å². The van der Waals surface area contributed by atoms with E-state index in [2.05, 4.69) is 30.8 Å². The van der Waals surface area contributed by atoms with E-state index < -0.39 is 10.0 Å². The molecule has 0 amide bonds. The van der Waals surface area contributed by atoms with Gasteiger partial charge in [-0.3, -0.25) is 0 Å². The topological polar surface area (TPSA) is 71.3 Å². The van der Waals surface area contributed by atoms with Gasteiger partial charge in [0.15, 0.2) is 0 Å². The van der Waals surface area contributed by atoms with Gasteiger partial charge >= 0.3 is 0 Å². The summed E-state index contributed by atoms with van der Waals surface area (Å²) < 4.78 is 30.4. The summed E-state index contributed by atoms with van der Waals surface area (Å²) in [5.74, 6) is 1.81. The van der Waals surface area contributed by atoms with Gasteiger partial charge in [-0.1, -0.05) is 20.8 Å². The Labute approximate surface area is 109 Å². The van der Waals surface area contributed by atoms with Gasteiger partial charge in [0, 0.05) is 0 Å². The second kappa shape index (κ2) is 6.36. The molecule has 1 aromatic rings. The highest BCUT2D eigenvalue weighted by Gasteiger charge is 2.16. The molecule has 0 saturated carbocycles. The van der Waals surface area contributed by atoms with Crippen LogP contribution in [0.3, 0.4) is 0 Å². The number of hydrogen-bond donors (Lipinski definition) is 2. The molecule has 0 aromatic carbocycles. The van der Waals surface area contributed by atoms with Gasteiger partial charge in [-0.25, -0.2) is 13.1 Å². The minimum absolute atomic E-state index is 0.0429. The third-order valence-corrected chi connectivity index (χ3v) is 4.36. The van der Waals surface area contributed by atoms with Crippen LogP contribution < -0.4 is 10.0 Å². The van der Waals surface area contributed by atoms with Crippen molar-refractivity contribution in [2.45, 2.75) is 32.4 Å². The molecule has 104 valence electrons. The number of sulfonamides is 1. The van der Waals surface area contributed by atoms with Crippen molar-refractivity contribution in [3.63, 3.8) is 0 Å². The van der Waals surface area contributed by atoms with E-state index in [1.165, 1.54) is 13.1 Å². The van der Waals surface area contributed by atoms with Gasteiger partial charge in [0.05, 0.1) is 6.54 Å². The summed E-state index contributed by atoms with van der Waals surface area (Å²) in [6.07, 6.45) is 0. The molecule has 0 spiro atoms. The fraction of sp³-hybridized carbons (Fsp3) is 0.667. The fourth-order valence-corrected chi connectivity index (χ4v) is 2.02. The summed E-state index contributed by atoms with van der Waals surface area (Å²) in [5, 5.41) is 3.21. The van der Waals surface area contributed by atoms with E-state index in [4.69, 9.17) is 4.42 Å². The van der Waals surface area contributed by atoms with Crippen LogP contribution in [0.5, 0.6) is 0 Å². The van der Waals surface area contributed by atoms with Crippen molar-refractivity contribution in [3.05, 3.63) is 17.9 Å². The van der Waals surface area contributed by atoms with Crippen LogP contribution in [0.2, 0.25) is 0 Å². The zero-order chi connectivity index (χ0) is 13.8. The quantitative estimate of drug-likeness (QED) is 0.791. The van der Waals surface area contributed by atoms with Crippen molar-refractivity contribution in [3.8, 4) is 0 Å². The second-order valence-corrected chi connectivity index (χ2v) is 6.60. The number of hydrogen-bond acceptors (Lipinski definition) is 4. The third-order valence-electron chi connectivity index (χ3n) is 3.07. The van der Waals surface area contributed by atoms with Crippen molar-refractivity contribution >= 4 is 10.0 Å². The molecular weight excluding hydrogens is 252 g/mol. The van der Waals surface area contributed by atoms with Crippen LogP contribution >= 0.6 is 0 Å². The first-order chi connectivity index (χ1) is 8.36. The average molecular weight is 274 g/mol. The lowest BCUT2D eigenvalue weighted by Gasteiger charge is -2.15. The minimum atomic E-state index is -3.48. The molecular formula is C12H22N2O3S. The molecule has 0 fully saturated rings. The zero-order valence-corrected chi connectivity index (χ0v) is 12.2. The third kappa shape index (κ3) is 4.12. The molecule has 0 aliphatic heterocycles. The lowest BCUT2D eigenvalue weighted by atomic mass is 9.98. The second-order valence-electron chi connectivity index (χ2n) is 4.78. The normalized spacial score (nSPS) is 14.1. The Balaban J connectivity index is 2.51. The molecule has 1 rings (SSSR count). The number of rotatable bonds is 7. The Morgan fingerprint density at radius 1 is 1.28 bits per heavy atom. The van der Waals surface area contributed by atoms with Gasteiger partial charge in [0.25, 0.3) is 10.0 Å². The Hall–Kier alpha value is -0.850. The van der Waals surface area contributed by atoms with E-state index in [-0.39, 0.29) is 5.09 Å². The molecule has 1 unspecified atom stereocenters. The molecule has 0 saturated heterocycles. The van der Waals surface area contributed by atoms with Crippen molar-refractivity contribution < 1.29 is 12.8 Å². The average Bonchev–Trinajstić information content (AvgIpc) is 2.78. The van der Waals surface area contributed by atoms with Crippen molar-refractivity contribution in [1.82, 2.24) is 10.0 Å². The standard InChI is InChI=1S/C12H22N2O3S/c1-9(2)10(3)7-14-8-11-5-6-12(17-11)18(15,16)13-4/h5-6,9-10,13-14H,7-8H2,1-4H3. The molecule has 0 aliphatic rings. The molecule has 1 heterocycles. The molecule has 0 radical (unpaired) electrons. The van der Waals surface area contributed by atoms with E-state index in [1.807, 2.05) is 0 Å². The van der Waals surface area contributed by atoms with Gasteiger partial charge in [-0.15, -0.1) is 0 Å². The molecule has 1 aromatic heterocycles. The van der Waals surface area contributed by atoms with E-state index in [1.54, 1.807) is 6.07 Å². The van der Waals surface area contributed by atoms with Crippen LogP contribution in [0.25, 0.3) is 0 Å². The first-order valence-corrected chi connectivity index (χ1v) is 7.58. The van der Waals surface area contributed by atoms with Gasteiger partial charge in [-0.2, -0.15) is 0 Å². The van der Waals surface area contributed by atoms with Crippen LogP contribution in [0.4, 0.5) is 0 Å². The van der Waals surface area contributed by atoms with Gasteiger partial charge in [0.1, 0.15) is 5.76 Å². The summed E-state index contributed by atoms with van der Waals surface area (Å²) >= 11 is 0. The smallest absolute Gasteiger partial charge is 0.273 e. The van der Waals surface area contributed by atoms with Gasteiger partial charge in [-0.05, 0) is 37.6 Å².